The van der Waals surface area contributed by atoms with Crippen molar-refractivity contribution in [1.29, 1.82) is 0 Å². The van der Waals surface area contributed by atoms with Gasteiger partial charge in [-0.05, 0) is 24.4 Å². The van der Waals surface area contributed by atoms with Gasteiger partial charge >= 0.3 is 0 Å². The SMILES string of the molecule is CC(CN)N(C)C(=O)c1cc(-c2cccs2)[nH]n1.Cl. The van der Waals surface area contributed by atoms with Gasteiger partial charge in [-0.25, -0.2) is 0 Å². The van der Waals surface area contributed by atoms with Crippen molar-refractivity contribution < 1.29 is 4.79 Å². The molecule has 0 aliphatic carbocycles. The molecule has 2 rings (SSSR count). The number of hydrogen-bond acceptors (Lipinski definition) is 4. The summed E-state index contributed by atoms with van der Waals surface area (Å²) in [5.74, 6) is -0.119. The second kappa shape index (κ2) is 6.70. The highest BCUT2D eigenvalue weighted by Crippen LogP contribution is 2.23. The van der Waals surface area contributed by atoms with Gasteiger partial charge in [0.25, 0.3) is 5.91 Å². The Bertz CT molecular complexity index is 526. The number of carbonyl (C=O) groups is 1. The Labute approximate surface area is 122 Å². The highest BCUT2D eigenvalue weighted by molar-refractivity contribution is 7.13. The quantitative estimate of drug-likeness (QED) is 0.906. The average molecular weight is 301 g/mol. The minimum atomic E-state index is -0.119. The van der Waals surface area contributed by atoms with Gasteiger partial charge in [0.15, 0.2) is 5.69 Å². The first-order valence-corrected chi connectivity index (χ1v) is 6.58. The van der Waals surface area contributed by atoms with E-state index in [4.69, 9.17) is 5.73 Å². The lowest BCUT2D eigenvalue weighted by molar-refractivity contribution is 0.0742. The lowest BCUT2D eigenvalue weighted by Gasteiger charge is -2.22. The number of amides is 1. The van der Waals surface area contributed by atoms with Crippen LogP contribution < -0.4 is 5.73 Å². The number of likely N-dealkylation sites (N-methyl/N-ethyl adjacent to an activating group) is 1. The number of aromatic amines is 1. The maximum absolute atomic E-state index is 12.1. The fourth-order valence-corrected chi connectivity index (χ4v) is 2.22. The third kappa shape index (κ3) is 3.34. The molecular weight excluding hydrogens is 284 g/mol. The normalized spacial score (nSPS) is 11.7. The van der Waals surface area contributed by atoms with Crippen molar-refractivity contribution in [2.24, 2.45) is 5.73 Å². The van der Waals surface area contributed by atoms with Gasteiger partial charge in [0.1, 0.15) is 0 Å². The van der Waals surface area contributed by atoms with E-state index in [-0.39, 0.29) is 24.4 Å². The first-order valence-electron chi connectivity index (χ1n) is 5.70. The van der Waals surface area contributed by atoms with Gasteiger partial charge in [-0.15, -0.1) is 23.7 Å². The molecular formula is C12H17ClN4OS. The fourth-order valence-electron chi connectivity index (χ4n) is 1.53. The summed E-state index contributed by atoms with van der Waals surface area (Å²) in [6.45, 7) is 2.34. The predicted molar refractivity (Wildman–Crippen MR) is 79.8 cm³/mol. The number of rotatable bonds is 4. The summed E-state index contributed by atoms with van der Waals surface area (Å²) in [4.78, 5) is 14.8. The average Bonchev–Trinajstić information content (AvgIpc) is 3.05. The van der Waals surface area contributed by atoms with Gasteiger partial charge < -0.3 is 10.6 Å². The predicted octanol–water partition coefficient (Wildman–Crippen LogP) is 1.98. The molecule has 2 aromatic rings. The molecule has 0 aliphatic heterocycles. The van der Waals surface area contributed by atoms with Gasteiger partial charge in [-0.1, -0.05) is 6.07 Å². The number of carbonyl (C=O) groups excluding carboxylic acids is 1. The number of aromatic nitrogens is 2. The lowest BCUT2D eigenvalue weighted by atomic mass is 10.2. The monoisotopic (exact) mass is 300 g/mol. The molecule has 3 N–H and O–H groups in total. The second-order valence-corrected chi connectivity index (χ2v) is 5.09. The number of hydrogen-bond donors (Lipinski definition) is 2. The van der Waals surface area contributed by atoms with Crippen LogP contribution in [0.1, 0.15) is 17.4 Å². The Morgan fingerprint density at radius 3 is 2.95 bits per heavy atom. The summed E-state index contributed by atoms with van der Waals surface area (Å²) in [5, 5.41) is 8.93. The van der Waals surface area contributed by atoms with Crippen molar-refractivity contribution in [1.82, 2.24) is 15.1 Å². The highest BCUT2D eigenvalue weighted by atomic mass is 35.5. The van der Waals surface area contributed by atoms with Crippen LogP contribution in [0.25, 0.3) is 10.6 Å². The van der Waals surface area contributed by atoms with Crippen molar-refractivity contribution in [2.75, 3.05) is 13.6 Å². The molecule has 0 spiro atoms. The van der Waals surface area contributed by atoms with E-state index >= 15 is 0 Å². The van der Waals surface area contributed by atoms with Crippen LogP contribution in [0, 0.1) is 0 Å². The van der Waals surface area contributed by atoms with E-state index in [1.165, 1.54) is 0 Å². The van der Waals surface area contributed by atoms with Gasteiger partial charge in [0.2, 0.25) is 0 Å². The third-order valence-corrected chi connectivity index (χ3v) is 3.81. The van der Waals surface area contributed by atoms with E-state index in [0.29, 0.717) is 12.2 Å². The maximum atomic E-state index is 12.1. The molecule has 0 saturated heterocycles. The van der Waals surface area contributed by atoms with Crippen LogP contribution in [0.5, 0.6) is 0 Å². The Morgan fingerprint density at radius 2 is 2.37 bits per heavy atom. The zero-order chi connectivity index (χ0) is 13.1. The molecule has 1 atom stereocenters. The van der Waals surface area contributed by atoms with Crippen LogP contribution in [-0.2, 0) is 0 Å². The molecule has 0 bridgehead atoms. The zero-order valence-electron chi connectivity index (χ0n) is 10.8. The third-order valence-electron chi connectivity index (χ3n) is 2.91. The molecule has 2 heterocycles. The summed E-state index contributed by atoms with van der Waals surface area (Å²) in [7, 11) is 1.74. The Balaban J connectivity index is 0.00000180. The number of nitrogens with two attached hydrogens (primary N) is 1. The van der Waals surface area contributed by atoms with Crippen LogP contribution in [0.2, 0.25) is 0 Å². The Hall–Kier alpha value is -1.37. The number of halogens is 1. The minimum Gasteiger partial charge on any atom is -0.336 e. The molecule has 7 heteroatoms. The minimum absolute atomic E-state index is 0. The van der Waals surface area contributed by atoms with Crippen LogP contribution >= 0.6 is 23.7 Å². The summed E-state index contributed by atoms with van der Waals surface area (Å²) >= 11 is 1.60. The van der Waals surface area contributed by atoms with Gasteiger partial charge in [0, 0.05) is 19.6 Å². The van der Waals surface area contributed by atoms with Crippen LogP contribution in [0.4, 0.5) is 0 Å². The summed E-state index contributed by atoms with van der Waals surface area (Å²) < 4.78 is 0. The van der Waals surface area contributed by atoms with Crippen molar-refractivity contribution in [3.8, 4) is 10.6 Å². The van der Waals surface area contributed by atoms with Gasteiger partial charge in [-0.3, -0.25) is 9.89 Å². The summed E-state index contributed by atoms with van der Waals surface area (Å²) in [6, 6.07) is 5.72. The molecule has 0 radical (unpaired) electrons. The van der Waals surface area contributed by atoms with Crippen LogP contribution in [-0.4, -0.2) is 40.6 Å². The van der Waals surface area contributed by atoms with Gasteiger partial charge in [0.05, 0.1) is 10.6 Å². The molecule has 104 valence electrons. The molecule has 0 saturated carbocycles. The molecule has 1 amide bonds. The smallest absolute Gasteiger partial charge is 0.274 e. The first-order chi connectivity index (χ1) is 8.63. The highest BCUT2D eigenvalue weighted by Gasteiger charge is 2.19. The number of H-pyrrole nitrogens is 1. The van der Waals surface area contributed by atoms with Crippen molar-refractivity contribution in [2.45, 2.75) is 13.0 Å². The molecule has 19 heavy (non-hydrogen) atoms. The van der Waals surface area contributed by atoms with Crippen molar-refractivity contribution in [3.63, 3.8) is 0 Å². The Kier molecular flexibility index (Phi) is 5.53. The molecule has 5 nitrogen and oxygen atoms in total. The topological polar surface area (TPSA) is 75.0 Å². The molecule has 0 fully saturated rings. The standard InChI is InChI=1S/C12H16N4OS.ClH/c1-8(7-13)16(2)12(17)10-6-9(14-15-10)11-4-3-5-18-11;/h3-6,8H,7,13H2,1-2H3,(H,14,15);1H. The number of thiophene rings is 1. The van der Waals surface area contributed by atoms with Crippen LogP contribution in [0.3, 0.4) is 0 Å². The fraction of sp³-hybridized carbons (Fsp3) is 0.333. The summed E-state index contributed by atoms with van der Waals surface area (Å²) in [5.41, 5.74) is 6.83. The molecule has 2 aromatic heterocycles. The maximum Gasteiger partial charge on any atom is 0.274 e. The molecule has 0 aromatic carbocycles. The largest absolute Gasteiger partial charge is 0.336 e. The molecule has 0 aliphatic rings. The Morgan fingerprint density at radius 1 is 1.63 bits per heavy atom. The first kappa shape index (κ1) is 15.7. The molecule has 1 unspecified atom stereocenters. The lowest BCUT2D eigenvalue weighted by Crippen LogP contribution is -2.39. The van der Waals surface area contributed by atoms with E-state index in [1.807, 2.05) is 24.4 Å². The van der Waals surface area contributed by atoms with Crippen LogP contribution in [0.15, 0.2) is 23.6 Å². The zero-order valence-corrected chi connectivity index (χ0v) is 12.4. The second-order valence-electron chi connectivity index (χ2n) is 4.14. The van der Waals surface area contributed by atoms with Crippen molar-refractivity contribution >= 4 is 29.7 Å². The van der Waals surface area contributed by atoms with E-state index in [9.17, 15) is 4.79 Å². The van der Waals surface area contributed by atoms with E-state index in [2.05, 4.69) is 10.2 Å². The van der Waals surface area contributed by atoms with E-state index in [0.717, 1.165) is 10.6 Å². The number of nitrogens with zero attached hydrogens (tertiary/aromatic N) is 2. The summed E-state index contributed by atoms with van der Waals surface area (Å²) in [6.07, 6.45) is 0. The van der Waals surface area contributed by atoms with E-state index in [1.54, 1.807) is 29.4 Å². The van der Waals surface area contributed by atoms with Gasteiger partial charge in [-0.2, -0.15) is 5.10 Å². The number of nitrogens with one attached hydrogen (secondary N) is 1. The van der Waals surface area contributed by atoms with E-state index < -0.39 is 0 Å². The van der Waals surface area contributed by atoms with Crippen molar-refractivity contribution in [3.05, 3.63) is 29.3 Å².